The van der Waals surface area contributed by atoms with Gasteiger partial charge in [0.05, 0.1) is 12.0 Å². The molecule has 154 valence electrons. The number of hydrogen-bond acceptors (Lipinski definition) is 4. The maximum atomic E-state index is 13.6. The summed E-state index contributed by atoms with van der Waals surface area (Å²) in [5.74, 6) is -0.595. The van der Waals surface area contributed by atoms with E-state index < -0.39 is 17.6 Å². The molecule has 1 heterocycles. The average Bonchev–Trinajstić information content (AvgIpc) is 2.94. The second-order valence-electron chi connectivity index (χ2n) is 8.45. The van der Waals surface area contributed by atoms with Crippen molar-refractivity contribution in [3.05, 3.63) is 71.8 Å². The van der Waals surface area contributed by atoms with E-state index in [1.165, 1.54) is 4.90 Å². The third kappa shape index (κ3) is 4.67. The molecule has 1 aliphatic rings. The second kappa shape index (κ2) is 8.78. The highest BCUT2D eigenvalue weighted by Gasteiger charge is 2.52. The Morgan fingerprint density at radius 2 is 1.66 bits per heavy atom. The molecule has 0 spiro atoms. The van der Waals surface area contributed by atoms with Gasteiger partial charge in [-0.05, 0) is 30.9 Å². The molecule has 2 aromatic carbocycles. The van der Waals surface area contributed by atoms with E-state index in [9.17, 15) is 9.59 Å². The van der Waals surface area contributed by atoms with E-state index in [1.807, 2.05) is 88.4 Å². The van der Waals surface area contributed by atoms with Crippen molar-refractivity contribution in [2.45, 2.75) is 51.8 Å². The molecule has 5 heteroatoms. The lowest BCUT2D eigenvalue weighted by Crippen LogP contribution is -2.50. The molecule has 0 aromatic heterocycles. The summed E-state index contributed by atoms with van der Waals surface area (Å²) >= 11 is 0. The molecule has 0 saturated carbocycles. The van der Waals surface area contributed by atoms with Gasteiger partial charge >= 0.3 is 6.09 Å². The first-order chi connectivity index (χ1) is 13.8. The summed E-state index contributed by atoms with van der Waals surface area (Å²) in [4.78, 5) is 27.6. The summed E-state index contributed by atoms with van der Waals surface area (Å²) in [7, 11) is 0. The Kier molecular flexibility index (Phi) is 6.38. The fourth-order valence-electron chi connectivity index (χ4n) is 4.24. The van der Waals surface area contributed by atoms with Crippen molar-refractivity contribution in [2.24, 2.45) is 5.92 Å². The van der Waals surface area contributed by atoms with Crippen LogP contribution in [0.25, 0.3) is 0 Å². The maximum Gasteiger partial charge on any atom is 0.417 e. The molecule has 0 radical (unpaired) electrons. The fourth-order valence-corrected chi connectivity index (χ4v) is 4.24. The molecule has 3 rings (SSSR count). The Balaban J connectivity index is 1.83. The molecule has 2 aromatic rings. The molecule has 5 nitrogen and oxygen atoms in total. The Hall–Kier alpha value is -2.66. The Morgan fingerprint density at radius 3 is 2.24 bits per heavy atom. The van der Waals surface area contributed by atoms with Gasteiger partial charge in [0.1, 0.15) is 5.60 Å². The molecule has 0 unspecified atom stereocenters. The number of carbonyl (C=O) groups is 2. The second-order valence-corrected chi connectivity index (χ2v) is 8.45. The topological polar surface area (TPSA) is 58.6 Å². The van der Waals surface area contributed by atoms with Gasteiger partial charge in [-0.1, -0.05) is 74.5 Å². The Bertz CT molecular complexity index is 834. The predicted molar refractivity (Wildman–Crippen MR) is 113 cm³/mol. The molecule has 1 fully saturated rings. The van der Waals surface area contributed by atoms with E-state index in [-0.39, 0.29) is 17.9 Å². The number of ether oxygens (including phenoxy) is 1. The van der Waals surface area contributed by atoms with Gasteiger partial charge in [-0.25, -0.2) is 9.69 Å². The first kappa shape index (κ1) is 21.1. The van der Waals surface area contributed by atoms with E-state index in [0.717, 1.165) is 11.1 Å². The van der Waals surface area contributed by atoms with Crippen molar-refractivity contribution >= 4 is 12.0 Å². The standard InChI is InChI=1S/C24H30N2O3/c1-17(2)21-24(3,4)29-23(28)26(21)22(27)20(19-13-9-6-10-14-19)16-25-15-18-11-7-5-8-12-18/h5-14,17,20-21,25H,15-16H2,1-4H3/t20-,21+/m0/s1. The van der Waals surface area contributed by atoms with Gasteiger partial charge in [0.2, 0.25) is 5.91 Å². The summed E-state index contributed by atoms with van der Waals surface area (Å²) in [5.41, 5.74) is 1.33. The number of benzene rings is 2. The van der Waals surface area contributed by atoms with Crippen molar-refractivity contribution < 1.29 is 14.3 Å². The minimum Gasteiger partial charge on any atom is -0.441 e. The van der Waals surface area contributed by atoms with Crippen molar-refractivity contribution in [3.63, 3.8) is 0 Å². The maximum absolute atomic E-state index is 13.6. The van der Waals surface area contributed by atoms with Gasteiger partial charge in [-0.2, -0.15) is 0 Å². The molecule has 29 heavy (non-hydrogen) atoms. The van der Waals surface area contributed by atoms with Gasteiger partial charge in [-0.3, -0.25) is 4.79 Å². The number of imide groups is 1. The van der Waals surface area contributed by atoms with Gasteiger partial charge in [0, 0.05) is 13.1 Å². The first-order valence-electron chi connectivity index (χ1n) is 10.2. The van der Waals surface area contributed by atoms with Crippen LogP contribution in [-0.2, 0) is 16.1 Å². The smallest absolute Gasteiger partial charge is 0.417 e. The van der Waals surface area contributed by atoms with Gasteiger partial charge in [0.15, 0.2) is 0 Å². The molecule has 0 bridgehead atoms. The van der Waals surface area contributed by atoms with Crippen molar-refractivity contribution in [1.82, 2.24) is 10.2 Å². The summed E-state index contributed by atoms with van der Waals surface area (Å²) in [6.45, 7) is 8.86. The third-order valence-corrected chi connectivity index (χ3v) is 5.43. The van der Waals surface area contributed by atoms with Crippen molar-refractivity contribution in [3.8, 4) is 0 Å². The third-order valence-electron chi connectivity index (χ3n) is 5.43. The first-order valence-corrected chi connectivity index (χ1v) is 10.2. The van der Waals surface area contributed by atoms with E-state index >= 15 is 0 Å². The summed E-state index contributed by atoms with van der Waals surface area (Å²) in [6, 6.07) is 19.4. The lowest BCUT2D eigenvalue weighted by molar-refractivity contribution is -0.132. The highest BCUT2D eigenvalue weighted by atomic mass is 16.6. The van der Waals surface area contributed by atoms with Crippen LogP contribution in [0, 0.1) is 5.92 Å². The van der Waals surface area contributed by atoms with Crippen molar-refractivity contribution in [1.29, 1.82) is 0 Å². The van der Waals surface area contributed by atoms with Crippen LogP contribution >= 0.6 is 0 Å². The lowest BCUT2D eigenvalue weighted by atomic mass is 9.87. The molecule has 1 saturated heterocycles. The summed E-state index contributed by atoms with van der Waals surface area (Å²) < 4.78 is 5.56. The van der Waals surface area contributed by atoms with E-state index in [1.54, 1.807) is 0 Å². The summed E-state index contributed by atoms with van der Waals surface area (Å²) in [6.07, 6.45) is -0.553. The normalized spacial score (nSPS) is 19.3. The van der Waals surface area contributed by atoms with Crippen LogP contribution in [-0.4, -0.2) is 35.1 Å². The van der Waals surface area contributed by atoms with Gasteiger partial charge in [0.25, 0.3) is 0 Å². The molecule has 2 atom stereocenters. The fraction of sp³-hybridized carbons (Fsp3) is 0.417. The molecule has 0 aliphatic carbocycles. The van der Waals surface area contributed by atoms with Gasteiger partial charge in [-0.15, -0.1) is 0 Å². The van der Waals surface area contributed by atoms with Crippen LogP contribution in [0.2, 0.25) is 0 Å². The summed E-state index contributed by atoms with van der Waals surface area (Å²) in [5, 5.41) is 3.38. The number of cyclic esters (lactones) is 1. The zero-order valence-corrected chi connectivity index (χ0v) is 17.6. The zero-order chi connectivity index (χ0) is 21.0. The van der Waals surface area contributed by atoms with Crippen LogP contribution in [0.5, 0.6) is 0 Å². The lowest BCUT2D eigenvalue weighted by Gasteiger charge is -2.32. The quantitative estimate of drug-likeness (QED) is 0.759. The molecular formula is C24H30N2O3. The minimum atomic E-state index is -0.709. The van der Waals surface area contributed by atoms with Crippen LogP contribution in [0.4, 0.5) is 4.79 Å². The average molecular weight is 395 g/mol. The monoisotopic (exact) mass is 394 g/mol. The van der Waals surface area contributed by atoms with Gasteiger partial charge < -0.3 is 10.1 Å². The van der Waals surface area contributed by atoms with Crippen LogP contribution < -0.4 is 5.32 Å². The largest absolute Gasteiger partial charge is 0.441 e. The van der Waals surface area contributed by atoms with Crippen molar-refractivity contribution in [2.75, 3.05) is 6.54 Å². The predicted octanol–water partition coefficient (Wildman–Crippen LogP) is 4.34. The number of nitrogens with zero attached hydrogens (tertiary/aromatic N) is 1. The number of carbonyl (C=O) groups excluding carboxylic acids is 2. The number of nitrogens with one attached hydrogen (secondary N) is 1. The van der Waals surface area contributed by atoms with Crippen LogP contribution in [0.15, 0.2) is 60.7 Å². The molecular weight excluding hydrogens is 364 g/mol. The van der Waals surface area contributed by atoms with E-state index in [2.05, 4.69) is 5.32 Å². The highest BCUT2D eigenvalue weighted by Crippen LogP contribution is 2.36. The SMILES string of the molecule is CC(C)[C@H]1N(C(=O)[C@@H](CNCc2ccccc2)c2ccccc2)C(=O)OC1(C)C. The molecule has 1 N–H and O–H groups in total. The number of rotatable bonds is 7. The molecule has 2 amide bonds. The van der Waals surface area contributed by atoms with Crippen LogP contribution in [0.1, 0.15) is 44.7 Å². The minimum absolute atomic E-state index is 0.0918. The number of amides is 2. The molecule has 1 aliphatic heterocycles. The van der Waals surface area contributed by atoms with Crippen LogP contribution in [0.3, 0.4) is 0 Å². The number of hydrogen-bond donors (Lipinski definition) is 1. The highest BCUT2D eigenvalue weighted by molar-refractivity contribution is 5.97. The Labute approximate surface area is 173 Å². The Morgan fingerprint density at radius 1 is 1.07 bits per heavy atom. The zero-order valence-electron chi connectivity index (χ0n) is 17.6. The van der Waals surface area contributed by atoms with E-state index in [4.69, 9.17) is 4.74 Å². The van der Waals surface area contributed by atoms with E-state index in [0.29, 0.717) is 13.1 Å².